The van der Waals surface area contributed by atoms with Gasteiger partial charge in [0.2, 0.25) is 0 Å². The molecule has 0 bridgehead atoms. The molecule has 2 amide bonds. The molecule has 6 nitrogen and oxygen atoms in total. The molecule has 1 atom stereocenters. The van der Waals surface area contributed by atoms with Crippen LogP contribution in [-0.4, -0.2) is 24.0 Å². The maximum Gasteiger partial charge on any atom is 0.260 e. The average molecular weight is 263 g/mol. The zero-order valence-corrected chi connectivity index (χ0v) is 10.7. The van der Waals surface area contributed by atoms with Gasteiger partial charge in [-0.05, 0) is 31.9 Å². The Morgan fingerprint density at radius 3 is 2.68 bits per heavy atom. The number of hydrogen-bond acceptors (Lipinski definition) is 4. The second kappa shape index (κ2) is 5.17. The number of nitrogens with two attached hydrogens (primary N) is 2. The van der Waals surface area contributed by atoms with Gasteiger partial charge in [-0.1, -0.05) is 0 Å². The van der Waals surface area contributed by atoms with Gasteiger partial charge in [0.25, 0.3) is 11.8 Å². The Morgan fingerprint density at radius 1 is 1.42 bits per heavy atom. The molecular formula is C13H17N3O3. The third kappa shape index (κ3) is 3.37. The predicted molar refractivity (Wildman–Crippen MR) is 70.6 cm³/mol. The molecule has 0 saturated heterocycles. The highest BCUT2D eigenvalue weighted by atomic mass is 16.5. The van der Waals surface area contributed by atoms with Gasteiger partial charge in [0.1, 0.15) is 5.75 Å². The molecule has 2 rings (SSSR count). The van der Waals surface area contributed by atoms with E-state index in [1.165, 1.54) is 12.1 Å². The lowest BCUT2D eigenvalue weighted by molar-refractivity contribution is -0.127. The van der Waals surface area contributed by atoms with Gasteiger partial charge in [0.15, 0.2) is 6.10 Å². The zero-order chi connectivity index (χ0) is 14.0. The summed E-state index contributed by atoms with van der Waals surface area (Å²) in [6, 6.07) is 4.79. The van der Waals surface area contributed by atoms with Crippen LogP contribution in [0.3, 0.4) is 0 Å². The molecule has 1 saturated carbocycles. The zero-order valence-electron chi connectivity index (χ0n) is 10.7. The monoisotopic (exact) mass is 263 g/mol. The van der Waals surface area contributed by atoms with Gasteiger partial charge in [-0.3, -0.25) is 9.59 Å². The third-order valence-electron chi connectivity index (χ3n) is 2.87. The number of primary amides is 1. The van der Waals surface area contributed by atoms with Crippen molar-refractivity contribution in [1.82, 2.24) is 5.32 Å². The fourth-order valence-electron chi connectivity index (χ4n) is 1.63. The van der Waals surface area contributed by atoms with Crippen molar-refractivity contribution < 1.29 is 14.3 Å². The Labute approximate surface area is 111 Å². The van der Waals surface area contributed by atoms with Crippen molar-refractivity contribution in [3.63, 3.8) is 0 Å². The summed E-state index contributed by atoms with van der Waals surface area (Å²) >= 11 is 0. The number of nitrogen functional groups attached to an aromatic ring is 1. The fraction of sp³-hybridized carbons (Fsp3) is 0.385. The number of anilines is 1. The topological polar surface area (TPSA) is 107 Å². The van der Waals surface area contributed by atoms with E-state index in [2.05, 4.69) is 5.32 Å². The first kappa shape index (κ1) is 13.2. The van der Waals surface area contributed by atoms with E-state index in [9.17, 15) is 9.59 Å². The molecule has 1 unspecified atom stereocenters. The van der Waals surface area contributed by atoms with Crippen LogP contribution in [0.25, 0.3) is 0 Å². The first-order valence-corrected chi connectivity index (χ1v) is 6.13. The minimum absolute atomic E-state index is 0.208. The second-order valence-electron chi connectivity index (χ2n) is 4.66. The number of amides is 2. The average Bonchev–Trinajstić information content (AvgIpc) is 3.12. The van der Waals surface area contributed by atoms with Crippen molar-refractivity contribution in [2.75, 3.05) is 5.73 Å². The molecule has 1 fully saturated rings. The van der Waals surface area contributed by atoms with E-state index in [1.807, 2.05) is 0 Å². The van der Waals surface area contributed by atoms with E-state index >= 15 is 0 Å². The van der Waals surface area contributed by atoms with Crippen molar-refractivity contribution in [1.29, 1.82) is 0 Å². The van der Waals surface area contributed by atoms with E-state index in [4.69, 9.17) is 16.2 Å². The van der Waals surface area contributed by atoms with E-state index in [0.29, 0.717) is 5.69 Å². The summed E-state index contributed by atoms with van der Waals surface area (Å²) in [7, 11) is 0. The van der Waals surface area contributed by atoms with Gasteiger partial charge in [-0.25, -0.2) is 0 Å². The lowest BCUT2D eigenvalue weighted by Gasteiger charge is -2.16. The van der Waals surface area contributed by atoms with Crippen LogP contribution in [0.4, 0.5) is 5.69 Å². The maximum atomic E-state index is 11.8. The van der Waals surface area contributed by atoms with Gasteiger partial charge in [0.05, 0.1) is 5.56 Å². The minimum Gasteiger partial charge on any atom is -0.480 e. The molecule has 0 heterocycles. The highest BCUT2D eigenvalue weighted by Crippen LogP contribution is 2.23. The largest absolute Gasteiger partial charge is 0.480 e. The van der Waals surface area contributed by atoms with Gasteiger partial charge in [-0.15, -0.1) is 0 Å². The summed E-state index contributed by atoms with van der Waals surface area (Å²) in [4.78, 5) is 23.1. The Hall–Kier alpha value is -2.24. The molecule has 1 aromatic rings. The smallest absolute Gasteiger partial charge is 0.260 e. The maximum absolute atomic E-state index is 11.8. The lowest BCUT2D eigenvalue weighted by atomic mass is 10.1. The highest BCUT2D eigenvalue weighted by Gasteiger charge is 2.26. The van der Waals surface area contributed by atoms with Crippen molar-refractivity contribution in [2.24, 2.45) is 5.73 Å². The van der Waals surface area contributed by atoms with Crippen molar-refractivity contribution in [2.45, 2.75) is 31.9 Å². The summed E-state index contributed by atoms with van der Waals surface area (Å²) in [6.45, 7) is 1.62. The van der Waals surface area contributed by atoms with Crippen LogP contribution in [0, 0.1) is 0 Å². The van der Waals surface area contributed by atoms with Crippen LogP contribution < -0.4 is 21.5 Å². The molecule has 1 aliphatic rings. The van der Waals surface area contributed by atoms with Crippen LogP contribution in [0.5, 0.6) is 5.75 Å². The Kier molecular flexibility index (Phi) is 3.59. The molecule has 102 valence electrons. The summed E-state index contributed by atoms with van der Waals surface area (Å²) in [5.74, 6) is -0.601. The Balaban J connectivity index is 2.10. The highest BCUT2D eigenvalue weighted by molar-refractivity contribution is 5.96. The fourth-order valence-corrected chi connectivity index (χ4v) is 1.63. The standard InChI is InChI=1S/C13H17N3O3/c1-7(13(18)16-9-3-4-9)19-11-6-8(14)2-5-10(11)12(15)17/h2,5-7,9H,3-4,14H2,1H3,(H2,15,17)(H,16,18). The number of hydrogen-bond donors (Lipinski definition) is 3. The molecule has 1 aromatic carbocycles. The van der Waals surface area contributed by atoms with Gasteiger partial charge < -0.3 is 21.5 Å². The van der Waals surface area contributed by atoms with Crippen LogP contribution in [0.1, 0.15) is 30.1 Å². The molecule has 6 heteroatoms. The Bertz CT molecular complexity index is 512. The number of carbonyl (C=O) groups is 2. The van der Waals surface area contributed by atoms with Crippen molar-refractivity contribution in [3.8, 4) is 5.75 Å². The summed E-state index contributed by atoms with van der Waals surface area (Å²) in [5, 5.41) is 2.83. The van der Waals surface area contributed by atoms with E-state index < -0.39 is 12.0 Å². The first-order valence-electron chi connectivity index (χ1n) is 6.13. The normalized spacial score (nSPS) is 15.6. The molecule has 0 aromatic heterocycles. The second-order valence-corrected chi connectivity index (χ2v) is 4.66. The van der Waals surface area contributed by atoms with Crippen molar-refractivity contribution in [3.05, 3.63) is 23.8 Å². The molecule has 0 aliphatic heterocycles. The van der Waals surface area contributed by atoms with Gasteiger partial charge in [-0.2, -0.15) is 0 Å². The SMILES string of the molecule is CC(Oc1cc(N)ccc1C(N)=O)C(=O)NC1CC1. The summed E-state index contributed by atoms with van der Waals surface area (Å²) in [6.07, 6.45) is 1.30. The van der Waals surface area contributed by atoms with Crippen LogP contribution in [0.15, 0.2) is 18.2 Å². The molecule has 1 aliphatic carbocycles. The van der Waals surface area contributed by atoms with Crippen LogP contribution >= 0.6 is 0 Å². The molecule has 0 radical (unpaired) electrons. The van der Waals surface area contributed by atoms with Gasteiger partial charge >= 0.3 is 0 Å². The van der Waals surface area contributed by atoms with Crippen molar-refractivity contribution >= 4 is 17.5 Å². The molecule has 5 N–H and O–H groups in total. The summed E-state index contributed by atoms with van der Waals surface area (Å²) in [5.41, 5.74) is 11.5. The van der Waals surface area contributed by atoms with E-state index in [0.717, 1.165) is 12.8 Å². The predicted octanol–water partition coefficient (Wildman–Crippen LogP) is 0.414. The minimum atomic E-state index is -0.708. The van der Waals surface area contributed by atoms with E-state index in [-0.39, 0.29) is 23.3 Å². The quantitative estimate of drug-likeness (QED) is 0.669. The molecule has 0 spiro atoms. The molecule has 19 heavy (non-hydrogen) atoms. The number of nitrogens with one attached hydrogen (secondary N) is 1. The van der Waals surface area contributed by atoms with Crippen LogP contribution in [-0.2, 0) is 4.79 Å². The molecular weight excluding hydrogens is 246 g/mol. The van der Waals surface area contributed by atoms with Gasteiger partial charge in [0, 0.05) is 17.8 Å². The summed E-state index contributed by atoms with van der Waals surface area (Å²) < 4.78 is 5.49. The number of benzene rings is 1. The first-order chi connectivity index (χ1) is 8.97. The number of ether oxygens (including phenoxy) is 1. The third-order valence-corrected chi connectivity index (χ3v) is 2.87. The number of carbonyl (C=O) groups excluding carboxylic acids is 2. The van der Waals surface area contributed by atoms with E-state index in [1.54, 1.807) is 13.0 Å². The number of rotatable bonds is 5. The Morgan fingerprint density at radius 2 is 2.11 bits per heavy atom. The lowest BCUT2D eigenvalue weighted by Crippen LogP contribution is -2.37. The van der Waals surface area contributed by atoms with Crippen LogP contribution in [0.2, 0.25) is 0 Å².